The molecule has 6 nitrogen and oxygen atoms in total. The fraction of sp³-hybridized carbons (Fsp3) is 0.360. The SMILES string of the molecule is O=C(CC1N=C2c3ccccc3N=C(SCc3ccccc3F)N2C1=O)NC1CCCCC1. The van der Waals surface area contributed by atoms with E-state index in [1.165, 1.54) is 29.1 Å². The van der Waals surface area contributed by atoms with Crippen molar-refractivity contribution < 1.29 is 14.0 Å². The van der Waals surface area contributed by atoms with Crippen LogP contribution in [0.5, 0.6) is 0 Å². The van der Waals surface area contributed by atoms with Crippen LogP contribution in [0, 0.1) is 5.82 Å². The predicted molar refractivity (Wildman–Crippen MR) is 128 cm³/mol. The Bertz CT molecular complexity index is 1140. The summed E-state index contributed by atoms with van der Waals surface area (Å²) in [6.07, 6.45) is 5.45. The quantitative estimate of drug-likeness (QED) is 0.705. The molecule has 3 aliphatic rings. The molecule has 1 saturated carbocycles. The fourth-order valence-corrected chi connectivity index (χ4v) is 5.49. The van der Waals surface area contributed by atoms with Crippen molar-refractivity contribution in [3.8, 4) is 0 Å². The third-order valence-corrected chi connectivity index (χ3v) is 7.20. The summed E-state index contributed by atoms with van der Waals surface area (Å²) >= 11 is 1.29. The van der Waals surface area contributed by atoms with Crippen LogP contribution in [-0.4, -0.2) is 39.8 Å². The third kappa shape index (κ3) is 4.57. The summed E-state index contributed by atoms with van der Waals surface area (Å²) in [6.45, 7) is 0. The van der Waals surface area contributed by atoms with E-state index < -0.39 is 6.04 Å². The molecule has 1 aliphatic carbocycles. The number of nitrogens with one attached hydrogen (secondary N) is 1. The molecule has 170 valence electrons. The molecule has 0 bridgehead atoms. The lowest BCUT2D eigenvalue weighted by Gasteiger charge is -2.25. The molecule has 1 fully saturated rings. The lowest BCUT2D eigenvalue weighted by Crippen LogP contribution is -2.43. The van der Waals surface area contributed by atoms with E-state index in [9.17, 15) is 14.0 Å². The van der Waals surface area contributed by atoms with Crippen molar-refractivity contribution in [1.82, 2.24) is 10.2 Å². The second-order valence-electron chi connectivity index (χ2n) is 8.54. The van der Waals surface area contributed by atoms with Crippen LogP contribution in [0.15, 0.2) is 58.5 Å². The molecular formula is C25H25FN4O2S. The number of hydrogen-bond donors (Lipinski definition) is 1. The summed E-state index contributed by atoms with van der Waals surface area (Å²) < 4.78 is 14.1. The van der Waals surface area contributed by atoms with Crippen molar-refractivity contribution in [3.63, 3.8) is 0 Å². The summed E-state index contributed by atoms with van der Waals surface area (Å²) in [5, 5.41) is 3.53. The van der Waals surface area contributed by atoms with Gasteiger partial charge in [-0.2, -0.15) is 0 Å². The zero-order valence-electron chi connectivity index (χ0n) is 18.2. The molecule has 2 aliphatic heterocycles. The number of nitrogens with zero attached hydrogens (tertiary/aromatic N) is 3. The molecule has 33 heavy (non-hydrogen) atoms. The molecule has 2 aromatic carbocycles. The molecule has 0 saturated heterocycles. The molecule has 2 aromatic rings. The van der Waals surface area contributed by atoms with Crippen LogP contribution in [-0.2, 0) is 15.3 Å². The summed E-state index contributed by atoms with van der Waals surface area (Å²) in [5.74, 6) is 0.142. The minimum absolute atomic E-state index is 0.0166. The van der Waals surface area contributed by atoms with E-state index in [1.807, 2.05) is 24.3 Å². The van der Waals surface area contributed by atoms with Gasteiger partial charge in [0.05, 0.1) is 12.1 Å². The maximum Gasteiger partial charge on any atom is 0.259 e. The van der Waals surface area contributed by atoms with Gasteiger partial charge in [-0.3, -0.25) is 14.6 Å². The Labute approximate surface area is 196 Å². The predicted octanol–water partition coefficient (Wildman–Crippen LogP) is 4.56. The van der Waals surface area contributed by atoms with Gasteiger partial charge in [0, 0.05) is 17.4 Å². The van der Waals surface area contributed by atoms with Gasteiger partial charge in [-0.25, -0.2) is 14.3 Å². The fourth-order valence-electron chi connectivity index (χ4n) is 4.50. The van der Waals surface area contributed by atoms with Crippen LogP contribution in [0.1, 0.15) is 49.7 Å². The van der Waals surface area contributed by atoms with Gasteiger partial charge in [-0.15, -0.1) is 0 Å². The van der Waals surface area contributed by atoms with Crippen molar-refractivity contribution in [2.45, 2.75) is 56.4 Å². The van der Waals surface area contributed by atoms with Crippen LogP contribution in [0.3, 0.4) is 0 Å². The maximum absolute atomic E-state index is 14.1. The molecule has 8 heteroatoms. The number of rotatable bonds is 5. The Morgan fingerprint density at radius 1 is 1.09 bits per heavy atom. The lowest BCUT2D eigenvalue weighted by molar-refractivity contribution is -0.129. The maximum atomic E-state index is 14.1. The highest BCUT2D eigenvalue weighted by molar-refractivity contribution is 8.13. The standard InChI is InChI=1S/C25H25FN4O2S/c26-19-12-6-4-8-16(19)15-33-25-29-20-13-7-5-11-18(20)23-28-21(24(32)30(23)25)14-22(31)27-17-9-2-1-3-10-17/h4-8,11-13,17,21H,1-3,9-10,14-15H2,(H,27,31). The smallest absolute Gasteiger partial charge is 0.259 e. The molecule has 1 atom stereocenters. The lowest BCUT2D eigenvalue weighted by atomic mass is 9.95. The first-order valence-corrected chi connectivity index (χ1v) is 12.3. The topological polar surface area (TPSA) is 74.1 Å². The van der Waals surface area contributed by atoms with Gasteiger partial charge in [0.1, 0.15) is 17.7 Å². The van der Waals surface area contributed by atoms with Crippen molar-refractivity contribution in [2.75, 3.05) is 0 Å². The van der Waals surface area contributed by atoms with Gasteiger partial charge in [0.25, 0.3) is 5.91 Å². The number of halogens is 1. The highest BCUT2D eigenvalue weighted by Gasteiger charge is 2.42. The van der Waals surface area contributed by atoms with Gasteiger partial charge in [-0.05, 0) is 36.6 Å². The molecule has 0 aromatic heterocycles. The Kier molecular flexibility index (Phi) is 6.26. The molecule has 5 rings (SSSR count). The van der Waals surface area contributed by atoms with Gasteiger partial charge in [-0.1, -0.05) is 61.4 Å². The summed E-state index contributed by atoms with van der Waals surface area (Å²) in [6, 6.07) is 13.5. The molecule has 1 unspecified atom stereocenters. The van der Waals surface area contributed by atoms with E-state index in [4.69, 9.17) is 0 Å². The second kappa shape index (κ2) is 9.47. The highest BCUT2D eigenvalue weighted by Crippen LogP contribution is 2.35. The van der Waals surface area contributed by atoms with Crippen LogP contribution in [0.25, 0.3) is 0 Å². The normalized spacial score (nSPS) is 20.1. The number of carbonyl (C=O) groups is 2. The number of amidine groups is 2. The van der Waals surface area contributed by atoms with Gasteiger partial charge >= 0.3 is 0 Å². The Hall–Kier alpha value is -3.00. The van der Waals surface area contributed by atoms with Crippen molar-refractivity contribution in [3.05, 3.63) is 65.5 Å². The molecule has 1 N–H and O–H groups in total. The number of hydrogen-bond acceptors (Lipinski definition) is 5. The zero-order valence-corrected chi connectivity index (χ0v) is 19.0. The minimum Gasteiger partial charge on any atom is -0.353 e. The number of aliphatic imine (C=N–C) groups is 2. The number of para-hydroxylation sites is 1. The molecule has 0 spiro atoms. The average Bonchev–Trinajstić information content (AvgIpc) is 3.15. The average molecular weight is 465 g/mol. The van der Waals surface area contributed by atoms with E-state index in [2.05, 4.69) is 15.3 Å². The Balaban J connectivity index is 1.36. The largest absolute Gasteiger partial charge is 0.353 e. The van der Waals surface area contributed by atoms with Crippen molar-refractivity contribution >= 4 is 40.3 Å². The van der Waals surface area contributed by atoms with Gasteiger partial charge in [0.2, 0.25) is 5.91 Å². The van der Waals surface area contributed by atoms with Crippen LogP contribution >= 0.6 is 11.8 Å². The highest BCUT2D eigenvalue weighted by atomic mass is 32.2. The monoisotopic (exact) mass is 464 g/mol. The summed E-state index contributed by atoms with van der Waals surface area (Å²) in [7, 11) is 0. The number of carbonyl (C=O) groups excluding carboxylic acids is 2. The second-order valence-corrected chi connectivity index (χ2v) is 9.48. The van der Waals surface area contributed by atoms with E-state index >= 15 is 0 Å². The summed E-state index contributed by atoms with van der Waals surface area (Å²) in [5.41, 5.74) is 2.01. The van der Waals surface area contributed by atoms with Gasteiger partial charge < -0.3 is 5.32 Å². The van der Waals surface area contributed by atoms with E-state index in [-0.39, 0.29) is 30.1 Å². The number of amides is 2. The number of thioether (sulfide) groups is 1. The van der Waals surface area contributed by atoms with Crippen LogP contribution < -0.4 is 5.32 Å². The van der Waals surface area contributed by atoms with Crippen molar-refractivity contribution in [2.24, 2.45) is 9.98 Å². The first-order valence-electron chi connectivity index (χ1n) is 11.4. The third-order valence-electron chi connectivity index (χ3n) is 6.21. The van der Waals surface area contributed by atoms with Crippen LogP contribution in [0.2, 0.25) is 0 Å². The number of fused-ring (bicyclic) bond motifs is 3. The van der Waals surface area contributed by atoms with E-state index in [0.29, 0.717) is 28.0 Å². The van der Waals surface area contributed by atoms with Crippen LogP contribution in [0.4, 0.5) is 10.1 Å². The molecular weight excluding hydrogens is 439 g/mol. The van der Waals surface area contributed by atoms with Gasteiger partial charge in [0.15, 0.2) is 5.17 Å². The first-order chi connectivity index (χ1) is 16.1. The number of benzene rings is 2. The van der Waals surface area contributed by atoms with E-state index in [0.717, 1.165) is 31.2 Å². The zero-order chi connectivity index (χ0) is 22.8. The van der Waals surface area contributed by atoms with E-state index in [1.54, 1.807) is 18.2 Å². The Morgan fingerprint density at radius 3 is 2.67 bits per heavy atom. The first kappa shape index (κ1) is 21.8. The summed E-state index contributed by atoms with van der Waals surface area (Å²) in [4.78, 5) is 36.8. The molecule has 0 radical (unpaired) electrons. The minimum atomic E-state index is -0.783. The molecule has 2 heterocycles. The Morgan fingerprint density at radius 2 is 1.85 bits per heavy atom. The molecule has 2 amide bonds. The van der Waals surface area contributed by atoms with Crippen molar-refractivity contribution in [1.29, 1.82) is 0 Å².